The van der Waals surface area contributed by atoms with E-state index in [1.54, 1.807) is 12.1 Å². The van der Waals surface area contributed by atoms with E-state index < -0.39 is 22.0 Å². The molecule has 1 fully saturated rings. The fourth-order valence-electron chi connectivity index (χ4n) is 4.49. The Hall–Kier alpha value is -3.63. The highest BCUT2D eigenvalue weighted by Crippen LogP contribution is 2.31. The number of carbonyl (C=O) groups is 2. The molecule has 1 unspecified atom stereocenters. The Morgan fingerprint density at radius 2 is 1.62 bits per heavy atom. The molecule has 1 aliphatic rings. The van der Waals surface area contributed by atoms with Gasteiger partial charge in [0.2, 0.25) is 15.9 Å². The number of carbonyl (C=O) groups excluding carboxylic acids is 2. The van der Waals surface area contributed by atoms with Crippen LogP contribution in [0, 0.1) is 0 Å². The summed E-state index contributed by atoms with van der Waals surface area (Å²) in [6.07, 6.45) is 9.25. The van der Waals surface area contributed by atoms with E-state index in [9.17, 15) is 18.0 Å². The maximum absolute atomic E-state index is 13.9. The Balaban J connectivity index is 1.80. The lowest BCUT2D eigenvalue weighted by Crippen LogP contribution is -2.47. The largest absolute Gasteiger partial charge is 0.351 e. The summed E-state index contributed by atoms with van der Waals surface area (Å²) in [6, 6.07) is 14.0. The number of sulfonamides is 1. The molecule has 0 aliphatic heterocycles. The van der Waals surface area contributed by atoms with Crippen LogP contribution in [0.4, 0.5) is 5.69 Å². The minimum atomic E-state index is -3.67. The maximum Gasteiger partial charge on any atom is 0.279 e. The fourth-order valence-corrected chi connectivity index (χ4v) is 5.39. The zero-order valence-electron chi connectivity index (χ0n) is 20.9. The molecule has 0 spiro atoms. The van der Waals surface area contributed by atoms with Gasteiger partial charge in [-0.15, -0.1) is 0 Å². The third-order valence-electron chi connectivity index (χ3n) is 6.47. The maximum atomic E-state index is 13.9. The van der Waals surface area contributed by atoms with Crippen molar-refractivity contribution in [2.75, 3.05) is 19.0 Å². The van der Waals surface area contributed by atoms with Crippen molar-refractivity contribution in [3.05, 3.63) is 84.4 Å². The van der Waals surface area contributed by atoms with Crippen LogP contribution in [-0.2, 0) is 14.8 Å². The minimum absolute atomic E-state index is 0.0357. The summed E-state index contributed by atoms with van der Waals surface area (Å²) in [5.74, 6) is -0.829. The number of rotatable bonds is 8. The molecule has 10 heteroatoms. The van der Waals surface area contributed by atoms with E-state index in [2.05, 4.69) is 15.3 Å². The summed E-state index contributed by atoms with van der Waals surface area (Å²) < 4.78 is 26.4. The number of hydrogen-bond acceptors (Lipinski definition) is 6. The van der Waals surface area contributed by atoms with Crippen molar-refractivity contribution in [2.45, 2.75) is 49.1 Å². The molecule has 1 aliphatic carbocycles. The molecule has 4 rings (SSSR count). The molecule has 2 amide bonds. The molecule has 1 N–H and O–H groups in total. The van der Waals surface area contributed by atoms with E-state index in [1.807, 2.05) is 18.2 Å². The van der Waals surface area contributed by atoms with Crippen LogP contribution in [-0.4, -0.2) is 54.6 Å². The molecular weight excluding hydrogens is 490 g/mol. The van der Waals surface area contributed by atoms with Crippen molar-refractivity contribution in [2.24, 2.45) is 0 Å². The molecular formula is C27H31N5O4S. The first-order valence-electron chi connectivity index (χ1n) is 12.3. The average Bonchev–Trinajstić information content (AvgIpc) is 2.92. The van der Waals surface area contributed by atoms with E-state index in [0.29, 0.717) is 11.3 Å². The minimum Gasteiger partial charge on any atom is -0.351 e. The molecule has 0 saturated heterocycles. The van der Waals surface area contributed by atoms with Crippen molar-refractivity contribution in [1.82, 2.24) is 19.6 Å². The third-order valence-corrected chi connectivity index (χ3v) is 8.30. The Kier molecular flexibility index (Phi) is 8.30. The number of nitrogens with one attached hydrogen (secondary N) is 1. The second kappa shape index (κ2) is 11.6. The average molecular weight is 522 g/mol. The predicted octanol–water partition coefficient (Wildman–Crippen LogP) is 3.56. The van der Waals surface area contributed by atoms with Crippen molar-refractivity contribution in [3.63, 3.8) is 0 Å². The van der Waals surface area contributed by atoms with Crippen LogP contribution in [0.5, 0.6) is 0 Å². The van der Waals surface area contributed by atoms with Gasteiger partial charge in [0, 0.05) is 38.2 Å². The number of benzene rings is 2. The molecule has 0 bridgehead atoms. The van der Waals surface area contributed by atoms with Crippen LogP contribution in [0.15, 0.2) is 78.1 Å². The topological polar surface area (TPSA) is 113 Å². The molecule has 0 radical (unpaired) electrons. The summed E-state index contributed by atoms with van der Waals surface area (Å²) in [4.78, 5) is 37.3. The van der Waals surface area contributed by atoms with Crippen LogP contribution in [0.1, 0.15) is 54.2 Å². The van der Waals surface area contributed by atoms with Gasteiger partial charge < -0.3 is 5.32 Å². The smallest absolute Gasteiger partial charge is 0.279 e. The molecule has 1 saturated carbocycles. The number of aromatic nitrogens is 2. The lowest BCUT2D eigenvalue weighted by atomic mass is 9.94. The Labute approximate surface area is 217 Å². The van der Waals surface area contributed by atoms with Crippen molar-refractivity contribution in [3.8, 4) is 0 Å². The standard InChI is InChI=1S/C27H31N5O4S/c1-31(2)37(35,36)23-15-13-22(14-16-23)32(27(34)24-19-28-17-18-29-24)25(20-9-5-3-6-10-20)26(33)30-21-11-7-4-8-12-21/h3,5-6,9-10,13-19,21,25H,4,7-8,11-12H2,1-2H3,(H,30,33). The van der Waals surface area contributed by atoms with Crippen LogP contribution in [0.25, 0.3) is 0 Å². The van der Waals surface area contributed by atoms with Gasteiger partial charge in [-0.2, -0.15) is 0 Å². The second-order valence-corrected chi connectivity index (χ2v) is 11.4. The van der Waals surface area contributed by atoms with Gasteiger partial charge in [0.05, 0.1) is 11.1 Å². The summed E-state index contributed by atoms with van der Waals surface area (Å²) in [5.41, 5.74) is 1.05. The van der Waals surface area contributed by atoms with Gasteiger partial charge in [0.15, 0.2) is 0 Å². The molecule has 37 heavy (non-hydrogen) atoms. The summed E-state index contributed by atoms with van der Waals surface area (Å²) >= 11 is 0. The molecule has 3 aromatic rings. The van der Waals surface area contributed by atoms with Gasteiger partial charge in [0.25, 0.3) is 5.91 Å². The lowest BCUT2D eigenvalue weighted by molar-refractivity contribution is -0.123. The van der Waals surface area contributed by atoms with E-state index in [0.717, 1.165) is 36.4 Å². The molecule has 1 atom stereocenters. The zero-order chi connectivity index (χ0) is 26.4. The molecule has 2 aromatic carbocycles. The lowest BCUT2D eigenvalue weighted by Gasteiger charge is -2.33. The highest BCUT2D eigenvalue weighted by atomic mass is 32.2. The van der Waals surface area contributed by atoms with Crippen molar-refractivity contribution in [1.29, 1.82) is 0 Å². The highest BCUT2D eigenvalue weighted by molar-refractivity contribution is 7.89. The summed E-state index contributed by atoms with van der Waals surface area (Å²) in [7, 11) is -0.766. The molecule has 1 aromatic heterocycles. The fraction of sp³-hybridized carbons (Fsp3) is 0.333. The SMILES string of the molecule is CN(C)S(=O)(=O)c1ccc(N(C(=O)c2cnccn2)C(C(=O)NC2CCCCC2)c2ccccc2)cc1. The molecule has 1 heterocycles. The van der Waals surface area contributed by atoms with Gasteiger partial charge in [-0.05, 0) is 42.7 Å². The van der Waals surface area contributed by atoms with Crippen LogP contribution in [0.3, 0.4) is 0 Å². The van der Waals surface area contributed by atoms with E-state index in [-0.39, 0.29) is 22.5 Å². The molecule has 194 valence electrons. The normalized spacial score (nSPS) is 15.2. The highest BCUT2D eigenvalue weighted by Gasteiger charge is 2.35. The predicted molar refractivity (Wildman–Crippen MR) is 140 cm³/mol. The van der Waals surface area contributed by atoms with E-state index in [4.69, 9.17) is 0 Å². The first-order valence-corrected chi connectivity index (χ1v) is 13.7. The van der Waals surface area contributed by atoms with Gasteiger partial charge >= 0.3 is 0 Å². The monoisotopic (exact) mass is 521 g/mol. The number of amides is 2. The number of hydrogen-bond donors (Lipinski definition) is 1. The molecule has 9 nitrogen and oxygen atoms in total. The Morgan fingerprint density at radius 1 is 0.946 bits per heavy atom. The van der Waals surface area contributed by atoms with Crippen LogP contribution in [0.2, 0.25) is 0 Å². The first kappa shape index (κ1) is 26.4. The van der Waals surface area contributed by atoms with Gasteiger partial charge in [-0.3, -0.25) is 19.5 Å². The van der Waals surface area contributed by atoms with Gasteiger partial charge in [-0.25, -0.2) is 17.7 Å². The summed E-state index contributed by atoms with van der Waals surface area (Å²) in [6.45, 7) is 0. The Bertz CT molecular complexity index is 1310. The quantitative estimate of drug-likeness (QED) is 0.485. The number of anilines is 1. The van der Waals surface area contributed by atoms with Crippen molar-refractivity contribution >= 4 is 27.5 Å². The zero-order valence-corrected chi connectivity index (χ0v) is 21.8. The second-order valence-electron chi connectivity index (χ2n) is 9.20. The van der Waals surface area contributed by atoms with Crippen molar-refractivity contribution < 1.29 is 18.0 Å². The first-order chi connectivity index (χ1) is 17.8. The van der Waals surface area contributed by atoms with Crippen LogP contribution >= 0.6 is 0 Å². The Morgan fingerprint density at radius 3 is 2.22 bits per heavy atom. The van der Waals surface area contributed by atoms with Crippen LogP contribution < -0.4 is 10.2 Å². The van der Waals surface area contributed by atoms with Gasteiger partial charge in [0.1, 0.15) is 11.7 Å². The van der Waals surface area contributed by atoms with Gasteiger partial charge in [-0.1, -0.05) is 49.6 Å². The summed E-state index contributed by atoms with van der Waals surface area (Å²) in [5, 5.41) is 3.15. The van der Waals surface area contributed by atoms with E-state index in [1.165, 1.54) is 61.9 Å². The van der Waals surface area contributed by atoms with E-state index >= 15 is 0 Å². The number of nitrogens with zero attached hydrogens (tertiary/aromatic N) is 4. The third kappa shape index (κ3) is 6.03.